The Labute approximate surface area is 159 Å². The van der Waals surface area contributed by atoms with E-state index in [4.69, 9.17) is 15.1 Å². The van der Waals surface area contributed by atoms with Gasteiger partial charge in [0.15, 0.2) is 0 Å². The summed E-state index contributed by atoms with van der Waals surface area (Å²) in [5.41, 5.74) is -0.766. The van der Waals surface area contributed by atoms with Gasteiger partial charge in [0.05, 0.1) is 23.6 Å². The highest BCUT2D eigenvalue weighted by Gasteiger charge is 2.34. The van der Waals surface area contributed by atoms with Gasteiger partial charge in [0.2, 0.25) is 0 Å². The molecule has 1 atom stereocenters. The Morgan fingerprint density at radius 1 is 1.25 bits per heavy atom. The Morgan fingerprint density at radius 2 is 2.00 bits per heavy atom. The molecule has 1 aliphatic heterocycles. The maximum atomic E-state index is 13.1. The minimum absolute atomic E-state index is 0.0235. The van der Waals surface area contributed by atoms with Crippen molar-refractivity contribution in [2.75, 3.05) is 11.4 Å². The highest BCUT2D eigenvalue weighted by Crippen LogP contribution is 2.36. The number of benzene rings is 2. The minimum atomic E-state index is -4.66. The standard InChI is InChI=1S/C20H17F3N2O3/c21-20(22,23)18-11-17(7-6-13(18)12-24)28-16-5-1-3-14(9-16)25-8-2-4-15(25)10-19(26)27/h1,3,5-7,9,11,15H,2,4,8,10H2,(H,26,27). The van der Waals surface area contributed by atoms with Crippen molar-refractivity contribution in [2.24, 2.45) is 0 Å². The molecule has 146 valence electrons. The lowest BCUT2D eigenvalue weighted by atomic mass is 10.1. The second kappa shape index (κ2) is 7.80. The molecule has 0 bridgehead atoms. The molecule has 1 unspecified atom stereocenters. The second-order valence-corrected chi connectivity index (χ2v) is 6.50. The van der Waals surface area contributed by atoms with Crippen molar-refractivity contribution in [3.8, 4) is 17.6 Å². The molecule has 5 nitrogen and oxygen atoms in total. The average Bonchev–Trinajstić information content (AvgIpc) is 3.08. The van der Waals surface area contributed by atoms with E-state index in [1.165, 1.54) is 12.1 Å². The van der Waals surface area contributed by atoms with E-state index in [1.807, 2.05) is 11.0 Å². The molecule has 0 amide bonds. The van der Waals surface area contributed by atoms with Gasteiger partial charge in [-0.05, 0) is 43.2 Å². The average molecular weight is 390 g/mol. The number of carbonyl (C=O) groups is 1. The molecule has 0 spiro atoms. The van der Waals surface area contributed by atoms with Gasteiger partial charge in [-0.15, -0.1) is 0 Å². The Morgan fingerprint density at radius 3 is 2.68 bits per heavy atom. The van der Waals surface area contributed by atoms with Crippen LogP contribution >= 0.6 is 0 Å². The summed E-state index contributed by atoms with van der Waals surface area (Å²) in [6.45, 7) is 0.705. The number of alkyl halides is 3. The number of nitriles is 1. The topological polar surface area (TPSA) is 73.6 Å². The summed E-state index contributed by atoms with van der Waals surface area (Å²) in [7, 11) is 0. The first-order chi connectivity index (χ1) is 13.3. The predicted molar refractivity (Wildman–Crippen MR) is 95.3 cm³/mol. The monoisotopic (exact) mass is 390 g/mol. The van der Waals surface area contributed by atoms with E-state index in [0.717, 1.165) is 30.7 Å². The highest BCUT2D eigenvalue weighted by atomic mass is 19.4. The summed E-state index contributed by atoms with van der Waals surface area (Å²) < 4.78 is 44.9. The number of aliphatic carboxylic acids is 1. The number of ether oxygens (including phenoxy) is 1. The number of hydrogen-bond acceptors (Lipinski definition) is 4. The summed E-state index contributed by atoms with van der Waals surface area (Å²) >= 11 is 0. The van der Waals surface area contributed by atoms with Crippen molar-refractivity contribution < 1.29 is 27.8 Å². The van der Waals surface area contributed by atoms with Gasteiger partial charge in [0.1, 0.15) is 11.5 Å². The van der Waals surface area contributed by atoms with Crippen LogP contribution in [0.25, 0.3) is 0 Å². The van der Waals surface area contributed by atoms with Gasteiger partial charge in [0.25, 0.3) is 0 Å². The molecule has 2 aromatic rings. The van der Waals surface area contributed by atoms with Gasteiger partial charge >= 0.3 is 12.1 Å². The molecule has 1 N–H and O–H groups in total. The van der Waals surface area contributed by atoms with Gasteiger partial charge in [-0.1, -0.05) is 6.07 Å². The van der Waals surface area contributed by atoms with Crippen molar-refractivity contribution in [1.82, 2.24) is 0 Å². The SMILES string of the molecule is N#Cc1ccc(Oc2cccc(N3CCCC3CC(=O)O)c2)cc1C(F)(F)F. The molecular weight excluding hydrogens is 373 g/mol. The van der Waals surface area contributed by atoms with Crippen LogP contribution in [0.3, 0.4) is 0 Å². The van der Waals surface area contributed by atoms with Crippen LogP contribution in [0.1, 0.15) is 30.4 Å². The van der Waals surface area contributed by atoms with Gasteiger partial charge in [0, 0.05) is 24.3 Å². The lowest BCUT2D eigenvalue weighted by molar-refractivity contribution is -0.138. The molecule has 0 saturated carbocycles. The van der Waals surface area contributed by atoms with Gasteiger partial charge < -0.3 is 14.7 Å². The van der Waals surface area contributed by atoms with Crippen molar-refractivity contribution in [2.45, 2.75) is 31.5 Å². The third kappa shape index (κ3) is 4.36. The zero-order chi connectivity index (χ0) is 20.3. The molecule has 0 aromatic heterocycles. The van der Waals surface area contributed by atoms with Crippen molar-refractivity contribution in [3.63, 3.8) is 0 Å². The van der Waals surface area contributed by atoms with Crippen LogP contribution in [0.2, 0.25) is 0 Å². The third-order valence-electron chi connectivity index (χ3n) is 4.59. The number of halogens is 3. The number of carboxylic acids is 1. The first-order valence-corrected chi connectivity index (χ1v) is 8.65. The molecule has 1 saturated heterocycles. The lowest BCUT2D eigenvalue weighted by Gasteiger charge is -2.26. The summed E-state index contributed by atoms with van der Waals surface area (Å²) in [4.78, 5) is 13.0. The fourth-order valence-electron chi connectivity index (χ4n) is 3.37. The molecule has 1 heterocycles. The maximum absolute atomic E-state index is 13.1. The van der Waals surface area contributed by atoms with Crippen molar-refractivity contribution in [3.05, 3.63) is 53.6 Å². The Bertz CT molecular complexity index is 922. The Balaban J connectivity index is 1.84. The van der Waals surface area contributed by atoms with E-state index in [0.29, 0.717) is 12.3 Å². The predicted octanol–water partition coefficient (Wildman–Crippen LogP) is 4.81. The smallest absolute Gasteiger partial charge is 0.417 e. The molecule has 1 fully saturated rings. The molecule has 1 aliphatic rings. The van der Waals surface area contributed by atoms with E-state index in [2.05, 4.69) is 0 Å². The molecule has 8 heteroatoms. The quantitative estimate of drug-likeness (QED) is 0.793. The first kappa shape index (κ1) is 19.5. The van der Waals surface area contributed by atoms with E-state index in [9.17, 15) is 18.0 Å². The van der Waals surface area contributed by atoms with Gasteiger partial charge in [-0.3, -0.25) is 4.79 Å². The zero-order valence-corrected chi connectivity index (χ0v) is 14.7. The molecule has 3 rings (SSSR count). The Hall–Kier alpha value is -3.21. The number of anilines is 1. The van der Waals surface area contributed by atoms with Gasteiger partial charge in [-0.25, -0.2) is 0 Å². The molecular formula is C20H17F3N2O3. The van der Waals surface area contributed by atoms with Crippen LogP contribution in [0.5, 0.6) is 11.5 Å². The summed E-state index contributed by atoms with van der Waals surface area (Å²) in [5.74, 6) is -0.579. The van der Waals surface area contributed by atoms with E-state index in [1.54, 1.807) is 18.2 Å². The number of hydrogen-bond donors (Lipinski definition) is 1. The Kier molecular flexibility index (Phi) is 5.45. The summed E-state index contributed by atoms with van der Waals surface area (Å²) in [6, 6.07) is 11.4. The van der Waals surface area contributed by atoms with E-state index >= 15 is 0 Å². The largest absolute Gasteiger partial charge is 0.481 e. The summed E-state index contributed by atoms with van der Waals surface area (Å²) in [6.07, 6.45) is -3.00. The normalized spacial score (nSPS) is 16.6. The molecule has 0 radical (unpaired) electrons. The van der Waals surface area contributed by atoms with Crippen LogP contribution in [0, 0.1) is 11.3 Å². The highest BCUT2D eigenvalue weighted by molar-refractivity contribution is 5.69. The molecule has 2 aromatic carbocycles. The molecule has 0 aliphatic carbocycles. The van der Waals surface area contributed by atoms with Gasteiger partial charge in [-0.2, -0.15) is 18.4 Å². The van der Waals surface area contributed by atoms with Crippen LogP contribution < -0.4 is 9.64 Å². The minimum Gasteiger partial charge on any atom is -0.481 e. The summed E-state index contributed by atoms with van der Waals surface area (Å²) in [5, 5.41) is 17.9. The second-order valence-electron chi connectivity index (χ2n) is 6.50. The van der Waals surface area contributed by atoms with E-state index in [-0.39, 0.29) is 18.2 Å². The van der Waals surface area contributed by atoms with Crippen LogP contribution in [-0.2, 0) is 11.0 Å². The van der Waals surface area contributed by atoms with Crippen LogP contribution in [0.4, 0.5) is 18.9 Å². The number of rotatable bonds is 5. The van der Waals surface area contributed by atoms with Crippen molar-refractivity contribution in [1.29, 1.82) is 5.26 Å². The van der Waals surface area contributed by atoms with Crippen LogP contribution in [-0.4, -0.2) is 23.7 Å². The first-order valence-electron chi connectivity index (χ1n) is 8.65. The fraction of sp³-hybridized carbons (Fsp3) is 0.300. The van der Waals surface area contributed by atoms with Crippen LogP contribution in [0.15, 0.2) is 42.5 Å². The third-order valence-corrected chi connectivity index (χ3v) is 4.59. The number of nitrogens with zero attached hydrogens (tertiary/aromatic N) is 2. The van der Waals surface area contributed by atoms with E-state index < -0.39 is 23.3 Å². The molecule has 28 heavy (non-hydrogen) atoms. The zero-order valence-electron chi connectivity index (χ0n) is 14.7. The lowest BCUT2D eigenvalue weighted by Crippen LogP contribution is -2.31. The number of carboxylic acid groups (broad SMARTS) is 1. The maximum Gasteiger partial charge on any atom is 0.417 e. The van der Waals surface area contributed by atoms with Crippen molar-refractivity contribution >= 4 is 11.7 Å². The fourth-order valence-corrected chi connectivity index (χ4v) is 3.37.